The Labute approximate surface area is 98.4 Å². The van der Waals surface area contributed by atoms with Crippen LogP contribution in [0.25, 0.3) is 0 Å². The molecule has 0 radical (unpaired) electrons. The van der Waals surface area contributed by atoms with E-state index in [-0.39, 0.29) is 19.1 Å². The van der Waals surface area contributed by atoms with Crippen molar-refractivity contribution in [2.24, 2.45) is 0 Å². The van der Waals surface area contributed by atoms with E-state index in [9.17, 15) is 4.79 Å². The molecule has 1 aromatic heterocycles. The summed E-state index contributed by atoms with van der Waals surface area (Å²) in [4.78, 5) is 14.2. The Bertz CT molecular complexity index is 342. The van der Waals surface area contributed by atoms with E-state index >= 15 is 0 Å². The van der Waals surface area contributed by atoms with E-state index in [1.807, 2.05) is 6.92 Å². The molecule has 2 N–H and O–H groups in total. The van der Waals surface area contributed by atoms with Gasteiger partial charge in [0.05, 0.1) is 30.3 Å². The Hall–Kier alpha value is -1.05. The molecule has 0 aromatic carbocycles. The van der Waals surface area contributed by atoms with Gasteiger partial charge in [0.2, 0.25) is 5.91 Å². The van der Waals surface area contributed by atoms with E-state index in [0.29, 0.717) is 13.1 Å². The first-order valence-electron chi connectivity index (χ1n) is 4.97. The van der Waals surface area contributed by atoms with E-state index in [1.165, 1.54) is 11.5 Å². The second kappa shape index (κ2) is 6.51. The lowest BCUT2D eigenvalue weighted by Crippen LogP contribution is -2.36. The molecule has 0 unspecified atom stereocenters. The van der Waals surface area contributed by atoms with Gasteiger partial charge in [-0.05, 0) is 25.5 Å². The monoisotopic (exact) mass is 244 g/mol. The van der Waals surface area contributed by atoms with E-state index < -0.39 is 0 Å². The molecule has 90 valence electrons. The molecule has 1 amide bonds. The van der Waals surface area contributed by atoms with Crippen LogP contribution in [0, 0.1) is 6.92 Å². The summed E-state index contributed by atoms with van der Waals surface area (Å²) in [6.07, 6.45) is 0. The summed E-state index contributed by atoms with van der Waals surface area (Å²) in [5.41, 5.74) is 0.856. The van der Waals surface area contributed by atoms with Crippen molar-refractivity contribution in [3.8, 4) is 0 Å². The number of carbonyl (C=O) groups is 1. The van der Waals surface area contributed by atoms with Crippen LogP contribution in [0.15, 0.2) is 0 Å². The fourth-order valence-corrected chi connectivity index (χ4v) is 1.71. The number of aromatic nitrogens is 2. The Kier molecular flexibility index (Phi) is 5.30. The van der Waals surface area contributed by atoms with Crippen LogP contribution in [0.2, 0.25) is 0 Å². The number of aliphatic hydroxyl groups is 1. The van der Waals surface area contributed by atoms with Crippen LogP contribution in [-0.2, 0) is 11.3 Å². The number of likely N-dealkylation sites (N-methyl/N-ethyl adjacent to an activating group) is 1. The highest BCUT2D eigenvalue weighted by Gasteiger charge is 2.08. The van der Waals surface area contributed by atoms with Crippen LogP contribution >= 0.6 is 11.5 Å². The summed E-state index contributed by atoms with van der Waals surface area (Å²) in [7, 11) is 1.79. The third-order valence-corrected chi connectivity index (χ3v) is 2.91. The highest BCUT2D eigenvalue weighted by molar-refractivity contribution is 7.05. The van der Waals surface area contributed by atoms with Crippen LogP contribution in [0.3, 0.4) is 0 Å². The van der Waals surface area contributed by atoms with Crippen molar-refractivity contribution in [1.29, 1.82) is 0 Å². The standard InChI is InChI=1S/C9H16N4O2S/c1-7-8(16-12-11-7)5-10-9(15)6-13(2)3-4-14/h14H,3-6H2,1-2H3,(H,10,15). The van der Waals surface area contributed by atoms with E-state index in [2.05, 4.69) is 14.9 Å². The smallest absolute Gasteiger partial charge is 0.234 e. The average Bonchev–Trinajstić information content (AvgIpc) is 2.61. The number of amides is 1. The number of nitrogens with one attached hydrogen (secondary N) is 1. The molecule has 0 aliphatic heterocycles. The third kappa shape index (κ3) is 4.21. The SMILES string of the molecule is Cc1nnsc1CNC(=O)CN(C)CCO. The molecule has 1 rings (SSSR count). The van der Waals surface area contributed by atoms with Crippen molar-refractivity contribution in [2.75, 3.05) is 26.7 Å². The van der Waals surface area contributed by atoms with Gasteiger partial charge in [0, 0.05) is 6.54 Å². The molecule has 0 aliphatic carbocycles. The molecule has 0 saturated heterocycles. The summed E-state index contributed by atoms with van der Waals surface area (Å²) in [6.45, 7) is 3.17. The number of aryl methyl sites for hydroxylation is 1. The number of rotatable bonds is 6. The van der Waals surface area contributed by atoms with Crippen LogP contribution in [0.4, 0.5) is 0 Å². The Morgan fingerprint density at radius 1 is 1.62 bits per heavy atom. The van der Waals surface area contributed by atoms with Crippen LogP contribution in [0.1, 0.15) is 10.6 Å². The highest BCUT2D eigenvalue weighted by Crippen LogP contribution is 2.07. The Morgan fingerprint density at radius 2 is 2.38 bits per heavy atom. The minimum absolute atomic E-state index is 0.0572. The van der Waals surface area contributed by atoms with Crippen LogP contribution in [-0.4, -0.2) is 52.2 Å². The van der Waals surface area contributed by atoms with Crippen molar-refractivity contribution < 1.29 is 9.90 Å². The van der Waals surface area contributed by atoms with Gasteiger partial charge in [0.1, 0.15) is 0 Å². The fraction of sp³-hybridized carbons (Fsp3) is 0.667. The van der Waals surface area contributed by atoms with Crippen molar-refractivity contribution in [3.63, 3.8) is 0 Å². The fourth-order valence-electron chi connectivity index (χ4n) is 1.14. The largest absolute Gasteiger partial charge is 0.395 e. The van der Waals surface area contributed by atoms with Crippen molar-refractivity contribution >= 4 is 17.4 Å². The van der Waals surface area contributed by atoms with Gasteiger partial charge in [-0.2, -0.15) is 0 Å². The Morgan fingerprint density at radius 3 is 2.94 bits per heavy atom. The molecular formula is C9H16N4O2S. The molecule has 1 aromatic rings. The number of aliphatic hydroxyl groups excluding tert-OH is 1. The predicted octanol–water partition coefficient (Wildman–Crippen LogP) is -0.613. The molecule has 0 bridgehead atoms. The first kappa shape index (κ1) is 13.0. The molecule has 6 nitrogen and oxygen atoms in total. The van der Waals surface area contributed by atoms with E-state index in [1.54, 1.807) is 11.9 Å². The van der Waals surface area contributed by atoms with Gasteiger partial charge < -0.3 is 10.4 Å². The van der Waals surface area contributed by atoms with Crippen LogP contribution in [0.5, 0.6) is 0 Å². The lowest BCUT2D eigenvalue weighted by molar-refractivity contribution is -0.122. The zero-order valence-corrected chi connectivity index (χ0v) is 10.3. The minimum Gasteiger partial charge on any atom is -0.395 e. The quantitative estimate of drug-likeness (QED) is 0.698. The van der Waals surface area contributed by atoms with Gasteiger partial charge in [-0.25, -0.2) is 0 Å². The lowest BCUT2D eigenvalue weighted by Gasteiger charge is -2.14. The van der Waals surface area contributed by atoms with Crippen molar-refractivity contribution in [3.05, 3.63) is 10.6 Å². The predicted molar refractivity (Wildman–Crippen MR) is 61.1 cm³/mol. The topological polar surface area (TPSA) is 78.4 Å². The van der Waals surface area contributed by atoms with Gasteiger partial charge in [-0.3, -0.25) is 9.69 Å². The number of carbonyl (C=O) groups excluding carboxylic acids is 1. The number of hydrogen-bond acceptors (Lipinski definition) is 6. The zero-order chi connectivity index (χ0) is 12.0. The first-order chi connectivity index (χ1) is 7.63. The van der Waals surface area contributed by atoms with Gasteiger partial charge >= 0.3 is 0 Å². The van der Waals surface area contributed by atoms with E-state index in [0.717, 1.165) is 10.6 Å². The Balaban J connectivity index is 2.28. The first-order valence-corrected chi connectivity index (χ1v) is 5.74. The maximum atomic E-state index is 11.5. The molecule has 0 atom stereocenters. The summed E-state index contributed by atoms with van der Waals surface area (Å²) < 4.78 is 3.79. The third-order valence-electron chi connectivity index (χ3n) is 2.09. The van der Waals surface area contributed by atoms with Gasteiger partial charge in [-0.15, -0.1) is 5.10 Å². The maximum Gasteiger partial charge on any atom is 0.234 e. The highest BCUT2D eigenvalue weighted by atomic mass is 32.1. The normalized spacial score (nSPS) is 10.8. The van der Waals surface area contributed by atoms with Gasteiger partial charge in [-0.1, -0.05) is 4.49 Å². The van der Waals surface area contributed by atoms with Crippen molar-refractivity contribution in [1.82, 2.24) is 19.8 Å². The molecule has 16 heavy (non-hydrogen) atoms. The molecule has 0 aliphatic rings. The van der Waals surface area contributed by atoms with Crippen molar-refractivity contribution in [2.45, 2.75) is 13.5 Å². The summed E-state index contributed by atoms with van der Waals surface area (Å²) in [5.74, 6) is -0.0660. The average molecular weight is 244 g/mol. The minimum atomic E-state index is -0.0660. The second-order valence-electron chi connectivity index (χ2n) is 3.52. The molecule has 1 heterocycles. The zero-order valence-electron chi connectivity index (χ0n) is 9.43. The number of hydrogen-bond donors (Lipinski definition) is 2. The molecular weight excluding hydrogens is 228 g/mol. The van der Waals surface area contributed by atoms with E-state index in [4.69, 9.17) is 5.11 Å². The van der Waals surface area contributed by atoms with Gasteiger partial charge in [0.15, 0.2) is 0 Å². The van der Waals surface area contributed by atoms with Gasteiger partial charge in [0.25, 0.3) is 0 Å². The maximum absolute atomic E-state index is 11.5. The molecule has 0 fully saturated rings. The molecule has 0 saturated carbocycles. The van der Waals surface area contributed by atoms with Crippen LogP contribution < -0.4 is 5.32 Å². The molecule has 0 spiro atoms. The second-order valence-corrected chi connectivity index (χ2v) is 4.36. The molecule has 7 heteroatoms. The summed E-state index contributed by atoms with van der Waals surface area (Å²) >= 11 is 1.29. The summed E-state index contributed by atoms with van der Waals surface area (Å²) in [5, 5.41) is 15.3. The summed E-state index contributed by atoms with van der Waals surface area (Å²) in [6, 6.07) is 0. The lowest BCUT2D eigenvalue weighted by atomic mass is 10.4. The number of nitrogens with zero attached hydrogens (tertiary/aromatic N) is 3.